The van der Waals surface area contributed by atoms with Crippen molar-refractivity contribution in [3.8, 4) is 0 Å². The maximum atomic E-state index is 12.5. The van der Waals surface area contributed by atoms with Gasteiger partial charge in [-0.25, -0.2) is 4.99 Å². The van der Waals surface area contributed by atoms with E-state index in [-0.39, 0.29) is 23.0 Å². The number of hydrogen-bond donors (Lipinski definition) is 2. The van der Waals surface area contributed by atoms with Crippen molar-refractivity contribution < 1.29 is 9.53 Å². The molecule has 2 N–H and O–H groups in total. The number of amides is 1. The Kier molecular flexibility index (Phi) is 6.52. The van der Waals surface area contributed by atoms with Gasteiger partial charge in [-0.2, -0.15) is 0 Å². The molecule has 0 bridgehead atoms. The molecule has 2 saturated heterocycles. The Morgan fingerprint density at radius 2 is 2.07 bits per heavy atom. The minimum atomic E-state index is -0.0520. The van der Waals surface area contributed by atoms with Crippen molar-refractivity contribution in [3.05, 3.63) is 35.4 Å². The molecule has 1 aromatic rings. The highest BCUT2D eigenvalue weighted by atomic mass is 16.5. The Morgan fingerprint density at radius 3 is 2.69 bits per heavy atom. The van der Waals surface area contributed by atoms with E-state index in [9.17, 15) is 4.79 Å². The highest BCUT2D eigenvalue weighted by Crippen LogP contribution is 2.46. The summed E-state index contributed by atoms with van der Waals surface area (Å²) in [6, 6.07) is 7.73. The molecule has 3 rings (SSSR count). The zero-order valence-corrected chi connectivity index (χ0v) is 18.5. The zero-order valence-electron chi connectivity index (χ0n) is 18.5. The lowest BCUT2D eigenvalue weighted by Crippen LogP contribution is -2.72. The normalized spacial score (nSPS) is 22.9. The Morgan fingerprint density at radius 1 is 1.28 bits per heavy atom. The van der Waals surface area contributed by atoms with Gasteiger partial charge in [0.2, 0.25) is 0 Å². The lowest BCUT2D eigenvalue weighted by Gasteiger charge is -2.62. The first-order valence-corrected chi connectivity index (χ1v) is 10.8. The van der Waals surface area contributed by atoms with E-state index < -0.39 is 0 Å². The lowest BCUT2D eigenvalue weighted by atomic mass is 9.65. The summed E-state index contributed by atoms with van der Waals surface area (Å²) in [7, 11) is 0. The van der Waals surface area contributed by atoms with E-state index in [0.717, 1.165) is 44.1 Å². The highest BCUT2D eigenvalue weighted by Gasteiger charge is 2.53. The molecule has 0 saturated carbocycles. The first-order chi connectivity index (χ1) is 13.7. The molecule has 1 unspecified atom stereocenters. The number of nitrogens with one attached hydrogen (secondary N) is 2. The second-order valence-corrected chi connectivity index (χ2v) is 9.24. The molecular weight excluding hydrogens is 364 g/mol. The van der Waals surface area contributed by atoms with Crippen molar-refractivity contribution in [1.29, 1.82) is 0 Å². The van der Waals surface area contributed by atoms with Gasteiger partial charge in [-0.3, -0.25) is 4.79 Å². The number of likely N-dealkylation sites (tertiary alicyclic amines) is 1. The van der Waals surface area contributed by atoms with Crippen LogP contribution in [0.2, 0.25) is 0 Å². The summed E-state index contributed by atoms with van der Waals surface area (Å²) in [5, 5.41) is 6.41. The van der Waals surface area contributed by atoms with Crippen molar-refractivity contribution in [2.24, 2.45) is 10.4 Å². The third kappa shape index (κ3) is 4.74. The van der Waals surface area contributed by atoms with Gasteiger partial charge in [0.1, 0.15) is 0 Å². The zero-order chi connectivity index (χ0) is 21.1. The van der Waals surface area contributed by atoms with Crippen molar-refractivity contribution in [1.82, 2.24) is 15.5 Å². The van der Waals surface area contributed by atoms with Gasteiger partial charge in [-0.05, 0) is 51.3 Å². The number of guanidine groups is 1. The summed E-state index contributed by atoms with van der Waals surface area (Å²) < 4.78 is 5.58. The van der Waals surface area contributed by atoms with E-state index in [1.807, 2.05) is 24.3 Å². The van der Waals surface area contributed by atoms with Gasteiger partial charge in [0, 0.05) is 42.8 Å². The molecule has 29 heavy (non-hydrogen) atoms. The van der Waals surface area contributed by atoms with Crippen LogP contribution in [-0.2, 0) is 11.3 Å². The van der Waals surface area contributed by atoms with Crippen LogP contribution in [0, 0.1) is 5.41 Å². The van der Waals surface area contributed by atoms with E-state index in [0.29, 0.717) is 18.7 Å². The predicted octanol–water partition coefficient (Wildman–Crippen LogP) is 3.18. The maximum Gasteiger partial charge on any atom is 0.251 e. The third-order valence-corrected chi connectivity index (χ3v) is 6.59. The van der Waals surface area contributed by atoms with Crippen LogP contribution in [0.1, 0.15) is 63.4 Å². The molecule has 1 atom stereocenters. The molecule has 0 aliphatic carbocycles. The molecule has 2 fully saturated rings. The quantitative estimate of drug-likeness (QED) is 0.569. The predicted molar refractivity (Wildman–Crippen MR) is 117 cm³/mol. The SMILES string of the molecule is CCNC(=NCc1cccc(C(=O)NCC2CCCO2)c1)N1CC(C)(C)C1(C)C. The maximum absolute atomic E-state index is 12.5. The van der Waals surface area contributed by atoms with E-state index >= 15 is 0 Å². The van der Waals surface area contributed by atoms with Crippen LogP contribution in [0.3, 0.4) is 0 Å². The summed E-state index contributed by atoms with van der Waals surface area (Å²) in [5.74, 6) is 0.883. The molecule has 2 aliphatic heterocycles. The number of aliphatic imine (C=N–C) groups is 1. The topological polar surface area (TPSA) is 66.0 Å². The monoisotopic (exact) mass is 400 g/mol. The summed E-state index contributed by atoms with van der Waals surface area (Å²) in [5.41, 5.74) is 2.01. The van der Waals surface area contributed by atoms with Crippen LogP contribution in [-0.4, -0.2) is 54.7 Å². The van der Waals surface area contributed by atoms with Crippen molar-refractivity contribution in [2.45, 2.75) is 65.6 Å². The summed E-state index contributed by atoms with van der Waals surface area (Å²) >= 11 is 0. The molecule has 160 valence electrons. The summed E-state index contributed by atoms with van der Waals surface area (Å²) in [6.45, 7) is 14.9. The van der Waals surface area contributed by atoms with Crippen LogP contribution in [0.5, 0.6) is 0 Å². The van der Waals surface area contributed by atoms with E-state index in [1.54, 1.807) is 0 Å². The van der Waals surface area contributed by atoms with Crippen LogP contribution in [0.25, 0.3) is 0 Å². The van der Waals surface area contributed by atoms with Gasteiger partial charge in [0.15, 0.2) is 5.96 Å². The number of ether oxygens (including phenoxy) is 1. The molecule has 6 nitrogen and oxygen atoms in total. The summed E-state index contributed by atoms with van der Waals surface area (Å²) in [6.07, 6.45) is 2.25. The first kappa shape index (κ1) is 21.6. The Labute approximate surface area is 175 Å². The van der Waals surface area contributed by atoms with Crippen molar-refractivity contribution in [2.75, 3.05) is 26.2 Å². The van der Waals surface area contributed by atoms with E-state index in [1.165, 1.54) is 0 Å². The fourth-order valence-corrected chi connectivity index (χ4v) is 3.89. The second kappa shape index (κ2) is 8.74. The molecule has 0 aromatic heterocycles. The van der Waals surface area contributed by atoms with Gasteiger partial charge >= 0.3 is 0 Å². The fraction of sp³-hybridized carbons (Fsp3) is 0.652. The minimum absolute atomic E-state index is 0.0520. The Bertz CT molecular complexity index is 751. The van der Waals surface area contributed by atoms with Crippen molar-refractivity contribution in [3.63, 3.8) is 0 Å². The van der Waals surface area contributed by atoms with E-state index in [2.05, 4.69) is 50.2 Å². The average molecular weight is 401 g/mol. The van der Waals surface area contributed by atoms with Crippen LogP contribution in [0.4, 0.5) is 0 Å². The number of hydrogen-bond acceptors (Lipinski definition) is 3. The third-order valence-electron chi connectivity index (χ3n) is 6.59. The van der Waals surface area contributed by atoms with Gasteiger partial charge in [0.05, 0.1) is 12.6 Å². The molecular formula is C23H36N4O2. The van der Waals surface area contributed by atoms with Gasteiger partial charge in [0.25, 0.3) is 5.91 Å². The largest absolute Gasteiger partial charge is 0.376 e. The molecule has 2 aliphatic rings. The average Bonchev–Trinajstić information content (AvgIpc) is 3.21. The van der Waals surface area contributed by atoms with Gasteiger partial charge in [-0.15, -0.1) is 0 Å². The lowest BCUT2D eigenvalue weighted by molar-refractivity contribution is -0.0667. The van der Waals surface area contributed by atoms with Gasteiger partial charge < -0.3 is 20.3 Å². The Balaban J connectivity index is 1.64. The highest BCUT2D eigenvalue weighted by molar-refractivity contribution is 5.94. The van der Waals surface area contributed by atoms with Crippen LogP contribution in [0.15, 0.2) is 29.3 Å². The van der Waals surface area contributed by atoms with Crippen LogP contribution >= 0.6 is 0 Å². The number of carbonyl (C=O) groups is 1. The molecule has 0 radical (unpaired) electrons. The number of rotatable bonds is 6. The molecule has 1 aromatic carbocycles. The fourth-order valence-electron chi connectivity index (χ4n) is 3.89. The molecule has 1 amide bonds. The Hall–Kier alpha value is -2.08. The molecule has 0 spiro atoms. The minimum Gasteiger partial charge on any atom is -0.376 e. The van der Waals surface area contributed by atoms with Gasteiger partial charge in [-0.1, -0.05) is 26.0 Å². The van der Waals surface area contributed by atoms with Crippen molar-refractivity contribution >= 4 is 11.9 Å². The van der Waals surface area contributed by atoms with Crippen LogP contribution < -0.4 is 10.6 Å². The number of benzene rings is 1. The number of carbonyl (C=O) groups excluding carboxylic acids is 1. The summed E-state index contributed by atoms with van der Waals surface area (Å²) in [4.78, 5) is 19.7. The van der Waals surface area contributed by atoms with E-state index in [4.69, 9.17) is 9.73 Å². The molecule has 6 heteroatoms. The first-order valence-electron chi connectivity index (χ1n) is 10.8. The second-order valence-electron chi connectivity index (χ2n) is 9.24. The molecule has 2 heterocycles. The number of nitrogens with zero attached hydrogens (tertiary/aromatic N) is 2. The smallest absolute Gasteiger partial charge is 0.251 e. The standard InChI is InChI=1S/C23H36N4O2/c1-6-24-21(27-16-22(2,3)23(27,4)5)26-14-17-9-7-10-18(13-17)20(28)25-15-19-11-8-12-29-19/h7,9-10,13,19H,6,8,11-12,14-16H2,1-5H3,(H,24,26)(H,25,28).